The minimum absolute atomic E-state index is 0.0453. The summed E-state index contributed by atoms with van der Waals surface area (Å²) in [5.41, 5.74) is 0. The molecule has 0 saturated heterocycles. The van der Waals surface area contributed by atoms with E-state index in [-0.39, 0.29) is 5.92 Å². The molecule has 1 aliphatic carbocycles. The summed E-state index contributed by atoms with van der Waals surface area (Å²) in [7, 11) is 0. The van der Waals surface area contributed by atoms with Crippen LogP contribution in [-0.2, 0) is 11.2 Å². The minimum atomic E-state index is -0.614. The Morgan fingerprint density at radius 2 is 2.43 bits per heavy atom. The van der Waals surface area contributed by atoms with Gasteiger partial charge in [-0.15, -0.1) is 11.3 Å². The molecule has 0 spiro atoms. The van der Waals surface area contributed by atoms with Crippen LogP contribution in [0.15, 0.2) is 12.1 Å². The number of carboxylic acids is 1. The first-order chi connectivity index (χ1) is 6.66. The van der Waals surface area contributed by atoms with Crippen LogP contribution < -0.4 is 0 Å². The zero-order chi connectivity index (χ0) is 10.1. The van der Waals surface area contributed by atoms with Crippen LogP contribution in [0.5, 0.6) is 0 Å². The summed E-state index contributed by atoms with van der Waals surface area (Å²) in [5.74, 6) is -0.219. The molecule has 1 N–H and O–H groups in total. The second-order valence-electron chi connectivity index (χ2n) is 3.99. The second kappa shape index (κ2) is 3.73. The summed E-state index contributed by atoms with van der Waals surface area (Å²) in [5, 5.41) is 8.73. The van der Waals surface area contributed by atoms with Gasteiger partial charge in [0.2, 0.25) is 0 Å². The number of carboxylic acid groups (broad SMARTS) is 1. The van der Waals surface area contributed by atoms with Gasteiger partial charge in [0.1, 0.15) is 0 Å². The monoisotopic (exact) mass is 210 g/mol. The van der Waals surface area contributed by atoms with Crippen molar-refractivity contribution in [2.24, 2.45) is 11.8 Å². The molecule has 0 aromatic carbocycles. The third kappa shape index (κ3) is 2.15. The van der Waals surface area contributed by atoms with Gasteiger partial charge in [0.15, 0.2) is 0 Å². The number of hydrogen-bond donors (Lipinski definition) is 1. The van der Waals surface area contributed by atoms with Crippen molar-refractivity contribution in [3.63, 3.8) is 0 Å². The van der Waals surface area contributed by atoms with Gasteiger partial charge in [-0.3, -0.25) is 4.79 Å². The van der Waals surface area contributed by atoms with Crippen LogP contribution in [0.4, 0.5) is 0 Å². The first kappa shape index (κ1) is 9.71. The molecule has 1 aliphatic rings. The fourth-order valence-corrected chi connectivity index (χ4v) is 2.72. The Kier molecular flexibility index (Phi) is 2.59. The summed E-state index contributed by atoms with van der Waals surface area (Å²) < 4.78 is 0. The molecule has 3 heteroatoms. The number of carbonyl (C=O) groups is 1. The summed E-state index contributed by atoms with van der Waals surface area (Å²) in [6, 6.07) is 4.28. The van der Waals surface area contributed by atoms with Crippen LogP contribution in [0.3, 0.4) is 0 Å². The smallest absolute Gasteiger partial charge is 0.306 e. The van der Waals surface area contributed by atoms with Crippen LogP contribution in [0.2, 0.25) is 0 Å². The van der Waals surface area contributed by atoms with Gasteiger partial charge in [-0.2, -0.15) is 0 Å². The van der Waals surface area contributed by atoms with Gasteiger partial charge in [-0.25, -0.2) is 0 Å². The third-order valence-electron chi connectivity index (χ3n) is 2.80. The van der Waals surface area contributed by atoms with Crippen LogP contribution in [0.1, 0.15) is 22.6 Å². The minimum Gasteiger partial charge on any atom is -0.481 e. The molecular formula is C11H14O2S. The van der Waals surface area contributed by atoms with Crippen LogP contribution in [0, 0.1) is 18.8 Å². The molecule has 2 unspecified atom stereocenters. The molecule has 1 fully saturated rings. The first-order valence-corrected chi connectivity index (χ1v) is 5.76. The highest BCUT2D eigenvalue weighted by Gasteiger charge is 2.42. The summed E-state index contributed by atoms with van der Waals surface area (Å²) >= 11 is 1.82. The van der Waals surface area contributed by atoms with Crippen molar-refractivity contribution in [2.45, 2.75) is 26.2 Å². The van der Waals surface area contributed by atoms with E-state index >= 15 is 0 Å². The standard InChI is InChI=1S/C11H14O2S/c1-7-2-4-9(14-7)5-3-8-6-10(8)11(12)13/h2,4,8,10H,3,5-6H2,1H3,(H,12,13). The Morgan fingerprint density at radius 1 is 1.64 bits per heavy atom. The highest BCUT2D eigenvalue weighted by Crippen LogP contribution is 2.42. The number of aliphatic carboxylic acids is 1. The summed E-state index contributed by atoms with van der Waals surface area (Å²) in [4.78, 5) is 13.3. The van der Waals surface area contributed by atoms with Crippen molar-refractivity contribution < 1.29 is 9.90 Å². The van der Waals surface area contributed by atoms with E-state index in [0.29, 0.717) is 5.92 Å². The lowest BCUT2D eigenvalue weighted by atomic mass is 10.1. The zero-order valence-corrected chi connectivity index (χ0v) is 9.01. The van der Waals surface area contributed by atoms with E-state index in [1.54, 1.807) is 0 Å². The van der Waals surface area contributed by atoms with Crippen molar-refractivity contribution in [3.8, 4) is 0 Å². The molecule has 0 amide bonds. The van der Waals surface area contributed by atoms with Gasteiger partial charge in [0.05, 0.1) is 5.92 Å². The summed E-state index contributed by atoms with van der Waals surface area (Å²) in [6.07, 6.45) is 2.98. The Balaban J connectivity index is 1.77. The van der Waals surface area contributed by atoms with E-state index < -0.39 is 5.97 Å². The third-order valence-corrected chi connectivity index (χ3v) is 3.86. The molecule has 2 nitrogen and oxygen atoms in total. The molecule has 0 bridgehead atoms. The Bertz CT molecular complexity index is 343. The lowest BCUT2D eigenvalue weighted by Gasteiger charge is -1.95. The average Bonchev–Trinajstić information content (AvgIpc) is 2.80. The van der Waals surface area contributed by atoms with Gasteiger partial charge < -0.3 is 5.11 Å². The van der Waals surface area contributed by atoms with Gasteiger partial charge in [-0.05, 0) is 44.2 Å². The zero-order valence-electron chi connectivity index (χ0n) is 8.19. The number of hydrogen-bond acceptors (Lipinski definition) is 2. The van der Waals surface area contributed by atoms with Gasteiger partial charge in [-0.1, -0.05) is 0 Å². The van der Waals surface area contributed by atoms with Crippen molar-refractivity contribution in [1.29, 1.82) is 0 Å². The van der Waals surface area contributed by atoms with Gasteiger partial charge in [0.25, 0.3) is 0 Å². The van der Waals surface area contributed by atoms with Gasteiger partial charge in [0, 0.05) is 9.75 Å². The van der Waals surface area contributed by atoms with E-state index in [1.165, 1.54) is 9.75 Å². The molecule has 1 heterocycles. The predicted octanol–water partition coefficient (Wildman–Crippen LogP) is 2.71. The molecule has 14 heavy (non-hydrogen) atoms. The molecule has 2 rings (SSSR count). The lowest BCUT2D eigenvalue weighted by molar-refractivity contribution is -0.138. The Labute approximate surface area is 87.6 Å². The van der Waals surface area contributed by atoms with E-state index in [2.05, 4.69) is 19.1 Å². The van der Waals surface area contributed by atoms with E-state index in [9.17, 15) is 4.79 Å². The molecule has 0 aliphatic heterocycles. The largest absolute Gasteiger partial charge is 0.481 e. The quantitative estimate of drug-likeness (QED) is 0.829. The molecule has 76 valence electrons. The molecular weight excluding hydrogens is 196 g/mol. The molecule has 1 aromatic heterocycles. The normalized spacial score (nSPS) is 24.9. The van der Waals surface area contributed by atoms with Crippen molar-refractivity contribution >= 4 is 17.3 Å². The average molecular weight is 210 g/mol. The maximum absolute atomic E-state index is 10.6. The van der Waals surface area contributed by atoms with Crippen LogP contribution >= 0.6 is 11.3 Å². The number of aryl methyl sites for hydroxylation is 2. The fourth-order valence-electron chi connectivity index (χ4n) is 1.82. The molecule has 0 radical (unpaired) electrons. The summed E-state index contributed by atoms with van der Waals surface area (Å²) in [6.45, 7) is 2.10. The van der Waals surface area contributed by atoms with Crippen molar-refractivity contribution in [2.75, 3.05) is 0 Å². The lowest BCUT2D eigenvalue weighted by Crippen LogP contribution is -1.99. The fraction of sp³-hybridized carbons (Fsp3) is 0.545. The van der Waals surface area contributed by atoms with Gasteiger partial charge >= 0.3 is 5.97 Å². The second-order valence-corrected chi connectivity index (χ2v) is 5.36. The number of thiophene rings is 1. The highest BCUT2D eigenvalue weighted by molar-refractivity contribution is 7.11. The Morgan fingerprint density at radius 3 is 2.93 bits per heavy atom. The topological polar surface area (TPSA) is 37.3 Å². The predicted molar refractivity (Wildman–Crippen MR) is 56.6 cm³/mol. The number of rotatable bonds is 4. The SMILES string of the molecule is Cc1ccc(CCC2CC2C(=O)O)s1. The maximum atomic E-state index is 10.6. The van der Waals surface area contributed by atoms with E-state index in [1.807, 2.05) is 11.3 Å². The first-order valence-electron chi connectivity index (χ1n) is 4.95. The maximum Gasteiger partial charge on any atom is 0.306 e. The highest BCUT2D eigenvalue weighted by atomic mass is 32.1. The van der Waals surface area contributed by atoms with Crippen LogP contribution in [0.25, 0.3) is 0 Å². The van der Waals surface area contributed by atoms with Crippen molar-refractivity contribution in [3.05, 3.63) is 21.9 Å². The Hall–Kier alpha value is -0.830. The molecule has 1 aromatic rings. The van der Waals surface area contributed by atoms with E-state index in [4.69, 9.17) is 5.11 Å². The van der Waals surface area contributed by atoms with Crippen molar-refractivity contribution in [1.82, 2.24) is 0 Å². The molecule has 1 saturated carbocycles. The molecule has 2 atom stereocenters. The van der Waals surface area contributed by atoms with E-state index in [0.717, 1.165) is 19.3 Å². The van der Waals surface area contributed by atoms with Crippen LogP contribution in [-0.4, -0.2) is 11.1 Å².